The van der Waals surface area contributed by atoms with Crippen molar-refractivity contribution < 1.29 is 14.7 Å². The third-order valence-corrected chi connectivity index (χ3v) is 2.18. The van der Waals surface area contributed by atoms with Gasteiger partial charge in [-0.25, -0.2) is 0 Å². The fourth-order valence-electron chi connectivity index (χ4n) is 1.54. The molecule has 0 atom stereocenters. The number of aliphatic hydroxyl groups is 1. The second kappa shape index (κ2) is 3.67. The van der Waals surface area contributed by atoms with Crippen LogP contribution in [-0.2, 0) is 4.79 Å². The third kappa shape index (κ3) is 1.55. The van der Waals surface area contributed by atoms with Crippen molar-refractivity contribution in [3.8, 4) is 0 Å². The molecule has 0 aliphatic carbocycles. The lowest BCUT2D eigenvalue weighted by Gasteiger charge is -2.00. The van der Waals surface area contributed by atoms with Gasteiger partial charge in [-0.3, -0.25) is 9.59 Å². The number of hydrogen-bond acceptors (Lipinski definition) is 3. The fraction of sp³-hybridized carbons (Fsp3) is 0.0909. The highest BCUT2D eigenvalue weighted by molar-refractivity contribution is 6.52. The van der Waals surface area contributed by atoms with Crippen molar-refractivity contribution in [2.24, 2.45) is 0 Å². The van der Waals surface area contributed by atoms with Crippen LogP contribution in [0.5, 0.6) is 0 Å². The molecule has 4 nitrogen and oxygen atoms in total. The second-order valence-corrected chi connectivity index (χ2v) is 3.14. The predicted octanol–water partition coefficient (Wildman–Crippen LogP) is 0.827. The van der Waals surface area contributed by atoms with Crippen LogP contribution in [0, 0.1) is 0 Å². The van der Waals surface area contributed by atoms with Gasteiger partial charge in [-0.1, -0.05) is 24.3 Å². The van der Waals surface area contributed by atoms with Crippen LogP contribution in [0.25, 0.3) is 6.08 Å². The molecule has 1 aromatic rings. The van der Waals surface area contributed by atoms with E-state index >= 15 is 0 Å². The van der Waals surface area contributed by atoms with Crippen LogP contribution in [-0.4, -0.2) is 23.4 Å². The van der Waals surface area contributed by atoms with E-state index in [4.69, 9.17) is 5.11 Å². The zero-order valence-electron chi connectivity index (χ0n) is 7.86. The molecule has 1 aromatic carbocycles. The van der Waals surface area contributed by atoms with E-state index < -0.39 is 11.7 Å². The van der Waals surface area contributed by atoms with Gasteiger partial charge < -0.3 is 10.4 Å². The maximum atomic E-state index is 11.5. The molecule has 0 aromatic heterocycles. The maximum absolute atomic E-state index is 11.5. The van der Waals surface area contributed by atoms with E-state index in [-0.39, 0.29) is 6.61 Å². The van der Waals surface area contributed by atoms with E-state index in [9.17, 15) is 9.59 Å². The van der Waals surface area contributed by atoms with E-state index in [1.807, 2.05) is 0 Å². The van der Waals surface area contributed by atoms with Crippen molar-refractivity contribution >= 4 is 23.5 Å². The summed E-state index contributed by atoms with van der Waals surface area (Å²) in [5.74, 6) is -1.13. The van der Waals surface area contributed by atoms with E-state index in [1.165, 1.54) is 6.08 Å². The minimum Gasteiger partial charge on any atom is -0.392 e. The van der Waals surface area contributed by atoms with Gasteiger partial charge in [-0.05, 0) is 11.6 Å². The molecule has 2 rings (SSSR count). The number of ketones is 1. The van der Waals surface area contributed by atoms with Gasteiger partial charge in [0.05, 0.1) is 17.9 Å². The molecule has 1 amide bonds. The summed E-state index contributed by atoms with van der Waals surface area (Å²) < 4.78 is 0. The molecule has 4 heteroatoms. The zero-order chi connectivity index (χ0) is 10.8. The molecule has 0 radical (unpaired) electrons. The summed E-state index contributed by atoms with van der Waals surface area (Å²) in [4.78, 5) is 22.6. The van der Waals surface area contributed by atoms with Gasteiger partial charge in [0.25, 0.3) is 11.7 Å². The van der Waals surface area contributed by atoms with Crippen LogP contribution >= 0.6 is 0 Å². The molecule has 0 saturated carbocycles. The molecule has 1 heterocycles. The number of hydrogen-bond donors (Lipinski definition) is 2. The van der Waals surface area contributed by atoms with Gasteiger partial charge in [0, 0.05) is 0 Å². The van der Waals surface area contributed by atoms with E-state index in [0.717, 1.165) is 0 Å². The summed E-state index contributed by atoms with van der Waals surface area (Å²) in [6.45, 7) is -0.0980. The van der Waals surface area contributed by atoms with Crippen molar-refractivity contribution in [2.75, 3.05) is 11.9 Å². The lowest BCUT2D eigenvalue weighted by atomic mass is 10.0. The first-order valence-electron chi connectivity index (χ1n) is 4.50. The van der Waals surface area contributed by atoms with Gasteiger partial charge in [0.15, 0.2) is 0 Å². The summed E-state index contributed by atoms with van der Waals surface area (Å²) in [6.07, 6.45) is 3.14. The Kier molecular flexibility index (Phi) is 2.35. The Morgan fingerprint density at radius 1 is 1.33 bits per heavy atom. The summed E-state index contributed by atoms with van der Waals surface area (Å²) in [5.41, 5.74) is 1.56. The van der Waals surface area contributed by atoms with Crippen LogP contribution in [0.1, 0.15) is 15.9 Å². The molecule has 1 aliphatic rings. The SMILES string of the molecule is O=C1Nc2cccc(C=CCO)c2C1=O. The average Bonchev–Trinajstić information content (AvgIpc) is 2.53. The summed E-state index contributed by atoms with van der Waals surface area (Å²) in [7, 11) is 0. The smallest absolute Gasteiger partial charge is 0.296 e. The number of benzene rings is 1. The van der Waals surface area contributed by atoms with Gasteiger partial charge in [-0.15, -0.1) is 0 Å². The van der Waals surface area contributed by atoms with Crippen LogP contribution < -0.4 is 5.32 Å². The van der Waals surface area contributed by atoms with Crippen molar-refractivity contribution in [1.82, 2.24) is 0 Å². The Labute approximate surface area is 86.2 Å². The largest absolute Gasteiger partial charge is 0.392 e. The topological polar surface area (TPSA) is 66.4 Å². The predicted molar refractivity (Wildman–Crippen MR) is 55.5 cm³/mol. The lowest BCUT2D eigenvalue weighted by Crippen LogP contribution is -2.12. The first kappa shape index (κ1) is 9.61. The van der Waals surface area contributed by atoms with Crippen LogP contribution in [0.2, 0.25) is 0 Å². The Bertz CT molecular complexity index is 463. The highest BCUT2D eigenvalue weighted by Crippen LogP contribution is 2.26. The number of carbonyl (C=O) groups is 2. The molecule has 1 aliphatic heterocycles. The monoisotopic (exact) mass is 203 g/mol. The average molecular weight is 203 g/mol. The standard InChI is InChI=1S/C11H9NO3/c13-6-2-4-7-3-1-5-8-9(7)10(14)11(15)12-8/h1-5,13H,6H2,(H,12,14,15). The zero-order valence-corrected chi connectivity index (χ0v) is 7.86. The number of Topliss-reactive ketones (excluding diaryl/α,β-unsaturated/α-hetero) is 1. The lowest BCUT2D eigenvalue weighted by molar-refractivity contribution is -0.112. The number of aliphatic hydroxyl groups excluding tert-OH is 1. The van der Waals surface area contributed by atoms with E-state index in [0.29, 0.717) is 16.8 Å². The minimum absolute atomic E-state index is 0.0980. The summed E-state index contributed by atoms with van der Waals surface area (Å²) >= 11 is 0. The number of anilines is 1. The molecule has 0 saturated heterocycles. The first-order chi connectivity index (χ1) is 7.24. The Morgan fingerprint density at radius 3 is 2.87 bits per heavy atom. The second-order valence-electron chi connectivity index (χ2n) is 3.14. The Morgan fingerprint density at radius 2 is 2.13 bits per heavy atom. The van der Waals surface area contributed by atoms with Crippen molar-refractivity contribution in [2.45, 2.75) is 0 Å². The van der Waals surface area contributed by atoms with Gasteiger partial charge in [-0.2, -0.15) is 0 Å². The van der Waals surface area contributed by atoms with Crippen molar-refractivity contribution in [1.29, 1.82) is 0 Å². The molecule has 0 fully saturated rings. The summed E-state index contributed by atoms with van der Waals surface area (Å²) in [5, 5.41) is 11.1. The number of fused-ring (bicyclic) bond motifs is 1. The molecule has 76 valence electrons. The number of nitrogens with one attached hydrogen (secondary N) is 1. The first-order valence-corrected chi connectivity index (χ1v) is 4.50. The molecule has 0 unspecified atom stereocenters. The van der Waals surface area contributed by atoms with Gasteiger partial charge in [0.2, 0.25) is 0 Å². The molecule has 0 bridgehead atoms. The van der Waals surface area contributed by atoms with Crippen molar-refractivity contribution in [3.05, 3.63) is 35.4 Å². The molecular formula is C11H9NO3. The van der Waals surface area contributed by atoms with Crippen LogP contribution in [0.4, 0.5) is 5.69 Å². The molecule has 2 N–H and O–H groups in total. The fourth-order valence-corrected chi connectivity index (χ4v) is 1.54. The van der Waals surface area contributed by atoms with Crippen molar-refractivity contribution in [3.63, 3.8) is 0 Å². The maximum Gasteiger partial charge on any atom is 0.296 e. The Balaban J connectivity index is 2.52. The van der Waals surface area contributed by atoms with Gasteiger partial charge >= 0.3 is 0 Å². The minimum atomic E-state index is -0.602. The highest BCUT2D eigenvalue weighted by Gasteiger charge is 2.29. The number of carbonyl (C=O) groups excluding carboxylic acids is 2. The molecule has 0 spiro atoms. The van der Waals surface area contributed by atoms with E-state index in [2.05, 4.69) is 5.32 Å². The Hall–Kier alpha value is -1.94. The van der Waals surface area contributed by atoms with Gasteiger partial charge in [0.1, 0.15) is 0 Å². The molecule has 15 heavy (non-hydrogen) atoms. The number of amides is 1. The van der Waals surface area contributed by atoms with Crippen LogP contribution in [0.15, 0.2) is 24.3 Å². The molecular weight excluding hydrogens is 194 g/mol. The van der Waals surface area contributed by atoms with E-state index in [1.54, 1.807) is 24.3 Å². The highest BCUT2D eigenvalue weighted by atomic mass is 16.2. The number of rotatable bonds is 2. The third-order valence-electron chi connectivity index (χ3n) is 2.18. The normalized spacial score (nSPS) is 14.5. The quantitative estimate of drug-likeness (QED) is 0.699. The summed E-state index contributed by atoms with van der Waals surface area (Å²) in [6, 6.07) is 5.15. The van der Waals surface area contributed by atoms with Crippen LogP contribution in [0.3, 0.4) is 0 Å².